The summed E-state index contributed by atoms with van der Waals surface area (Å²) in [6, 6.07) is 0. The summed E-state index contributed by atoms with van der Waals surface area (Å²) in [6.07, 6.45) is 3.12. The van der Waals surface area contributed by atoms with Gasteiger partial charge < -0.3 is 14.9 Å². The molecule has 1 saturated carbocycles. The third kappa shape index (κ3) is 1.50. The van der Waals surface area contributed by atoms with Crippen LogP contribution in [0.25, 0.3) is 0 Å². The predicted octanol–water partition coefficient (Wildman–Crippen LogP) is 0.854. The molecular weight excluding hydrogens is 260 g/mol. The smallest absolute Gasteiger partial charge is 0.336 e. The van der Waals surface area contributed by atoms with E-state index >= 15 is 0 Å². The SMILES string of the molecule is CC1=C2C[C@@H]3[C@@](C)(C[C@]2(O)OC1=O)C(=O)C=C[C@@]3(C)O. The number of esters is 1. The van der Waals surface area contributed by atoms with Crippen LogP contribution in [-0.4, -0.2) is 33.4 Å². The van der Waals surface area contributed by atoms with Crippen LogP contribution < -0.4 is 0 Å². The van der Waals surface area contributed by atoms with Gasteiger partial charge in [-0.15, -0.1) is 0 Å². The summed E-state index contributed by atoms with van der Waals surface area (Å²) < 4.78 is 5.08. The monoisotopic (exact) mass is 278 g/mol. The van der Waals surface area contributed by atoms with Crippen LogP contribution in [0.4, 0.5) is 0 Å². The number of allylic oxidation sites excluding steroid dienone is 1. The summed E-state index contributed by atoms with van der Waals surface area (Å²) in [5, 5.41) is 21.1. The first kappa shape index (κ1) is 13.5. The minimum Gasteiger partial charge on any atom is -0.426 e. The molecule has 0 radical (unpaired) electrons. The summed E-state index contributed by atoms with van der Waals surface area (Å²) in [5.74, 6) is -2.79. The Bertz CT molecular complexity index is 585. The number of carbonyl (C=O) groups excluding carboxylic acids is 2. The summed E-state index contributed by atoms with van der Waals surface area (Å²) in [4.78, 5) is 24.0. The standard InChI is InChI=1S/C15H18O5/c1-8-9-6-10-13(2,7-15(9,19)20-12(8)17)11(16)4-5-14(10,3)18/h4-5,10,18-19H,6-7H2,1-3H3/t10-,13-,14-,15+/m1/s1. The summed E-state index contributed by atoms with van der Waals surface area (Å²) in [5.41, 5.74) is -1.22. The van der Waals surface area contributed by atoms with E-state index in [1.165, 1.54) is 12.2 Å². The fourth-order valence-electron chi connectivity index (χ4n) is 3.87. The normalized spacial score (nSPS) is 47.1. The lowest BCUT2D eigenvalue weighted by atomic mass is 9.54. The summed E-state index contributed by atoms with van der Waals surface area (Å²) >= 11 is 0. The molecule has 1 fully saturated rings. The van der Waals surface area contributed by atoms with Crippen molar-refractivity contribution in [2.24, 2.45) is 11.3 Å². The van der Waals surface area contributed by atoms with E-state index in [2.05, 4.69) is 0 Å². The van der Waals surface area contributed by atoms with Gasteiger partial charge in [-0.05, 0) is 32.4 Å². The topological polar surface area (TPSA) is 83.8 Å². The summed E-state index contributed by atoms with van der Waals surface area (Å²) in [7, 11) is 0. The Morgan fingerprint density at radius 3 is 2.60 bits per heavy atom. The molecule has 2 N–H and O–H groups in total. The van der Waals surface area contributed by atoms with Gasteiger partial charge in [0.15, 0.2) is 5.78 Å². The second kappa shape index (κ2) is 3.59. The van der Waals surface area contributed by atoms with E-state index in [1.54, 1.807) is 20.8 Å². The number of hydrogen-bond acceptors (Lipinski definition) is 5. The minimum atomic E-state index is -1.71. The van der Waals surface area contributed by atoms with Gasteiger partial charge in [-0.2, -0.15) is 0 Å². The number of carbonyl (C=O) groups is 2. The van der Waals surface area contributed by atoms with Gasteiger partial charge >= 0.3 is 5.97 Å². The van der Waals surface area contributed by atoms with E-state index in [0.717, 1.165) is 0 Å². The second-order valence-corrected chi connectivity index (χ2v) is 6.55. The molecule has 0 unspecified atom stereocenters. The van der Waals surface area contributed by atoms with Gasteiger partial charge in [0, 0.05) is 28.9 Å². The Kier molecular flexibility index (Phi) is 2.43. The van der Waals surface area contributed by atoms with Gasteiger partial charge in [-0.25, -0.2) is 4.79 Å². The predicted molar refractivity (Wildman–Crippen MR) is 69.3 cm³/mol. The largest absolute Gasteiger partial charge is 0.426 e. The molecule has 0 amide bonds. The molecule has 2 aliphatic carbocycles. The molecule has 1 heterocycles. The maximum atomic E-state index is 12.3. The van der Waals surface area contributed by atoms with Crippen molar-refractivity contribution in [2.45, 2.75) is 45.0 Å². The maximum absolute atomic E-state index is 12.3. The fraction of sp³-hybridized carbons (Fsp3) is 0.600. The lowest BCUT2D eigenvalue weighted by Crippen LogP contribution is -2.58. The highest BCUT2D eigenvalue weighted by atomic mass is 16.7. The van der Waals surface area contributed by atoms with Crippen LogP contribution >= 0.6 is 0 Å². The van der Waals surface area contributed by atoms with Crippen molar-refractivity contribution in [3.63, 3.8) is 0 Å². The van der Waals surface area contributed by atoms with Gasteiger partial charge in [0.05, 0.1) is 5.60 Å². The first-order chi connectivity index (χ1) is 9.10. The second-order valence-electron chi connectivity index (χ2n) is 6.55. The molecule has 3 aliphatic rings. The Labute approximate surface area is 116 Å². The first-order valence-electron chi connectivity index (χ1n) is 6.72. The molecule has 5 heteroatoms. The molecule has 108 valence electrons. The highest BCUT2D eigenvalue weighted by Crippen LogP contribution is 2.57. The molecule has 0 bridgehead atoms. The highest BCUT2D eigenvalue weighted by molar-refractivity contribution is 5.97. The molecule has 20 heavy (non-hydrogen) atoms. The minimum absolute atomic E-state index is 0.0115. The number of aliphatic hydroxyl groups is 2. The molecule has 0 aromatic rings. The zero-order valence-electron chi connectivity index (χ0n) is 11.8. The van der Waals surface area contributed by atoms with Crippen molar-refractivity contribution >= 4 is 11.8 Å². The Balaban J connectivity index is 2.14. The molecule has 1 aliphatic heterocycles. The van der Waals surface area contributed by atoms with Crippen molar-refractivity contribution in [2.75, 3.05) is 0 Å². The zero-order valence-corrected chi connectivity index (χ0v) is 11.8. The van der Waals surface area contributed by atoms with E-state index < -0.39 is 22.8 Å². The van der Waals surface area contributed by atoms with Crippen LogP contribution in [0.3, 0.4) is 0 Å². The van der Waals surface area contributed by atoms with Crippen molar-refractivity contribution in [3.8, 4) is 0 Å². The third-order valence-corrected chi connectivity index (χ3v) is 5.12. The number of ketones is 1. The number of fused-ring (bicyclic) bond motifs is 2. The van der Waals surface area contributed by atoms with Crippen LogP contribution in [0.2, 0.25) is 0 Å². The number of hydrogen-bond donors (Lipinski definition) is 2. The highest BCUT2D eigenvalue weighted by Gasteiger charge is 2.62. The molecule has 0 aromatic carbocycles. The van der Waals surface area contributed by atoms with Crippen molar-refractivity contribution in [1.29, 1.82) is 0 Å². The molecular formula is C15H18O5. The first-order valence-corrected chi connectivity index (χ1v) is 6.72. The van der Waals surface area contributed by atoms with Crippen LogP contribution in [0.1, 0.15) is 33.6 Å². The van der Waals surface area contributed by atoms with Gasteiger partial charge in [0.1, 0.15) is 0 Å². The van der Waals surface area contributed by atoms with Gasteiger partial charge in [-0.1, -0.05) is 6.92 Å². The molecule has 0 saturated heterocycles. The molecule has 4 atom stereocenters. The van der Waals surface area contributed by atoms with E-state index in [4.69, 9.17) is 4.74 Å². The molecule has 3 rings (SSSR count). The third-order valence-electron chi connectivity index (χ3n) is 5.12. The van der Waals surface area contributed by atoms with E-state index in [0.29, 0.717) is 11.1 Å². The number of rotatable bonds is 0. The average molecular weight is 278 g/mol. The van der Waals surface area contributed by atoms with Crippen molar-refractivity contribution in [1.82, 2.24) is 0 Å². The Morgan fingerprint density at radius 1 is 1.30 bits per heavy atom. The summed E-state index contributed by atoms with van der Waals surface area (Å²) in [6.45, 7) is 4.97. The quantitative estimate of drug-likeness (QED) is 0.642. The van der Waals surface area contributed by atoms with Gasteiger partial charge in [0.25, 0.3) is 0 Å². The van der Waals surface area contributed by atoms with Crippen LogP contribution in [0.15, 0.2) is 23.3 Å². The van der Waals surface area contributed by atoms with Crippen molar-refractivity contribution < 1.29 is 24.5 Å². The Morgan fingerprint density at radius 2 is 1.95 bits per heavy atom. The van der Waals surface area contributed by atoms with E-state index in [-0.39, 0.29) is 24.5 Å². The fourth-order valence-corrected chi connectivity index (χ4v) is 3.87. The van der Waals surface area contributed by atoms with E-state index in [9.17, 15) is 19.8 Å². The van der Waals surface area contributed by atoms with E-state index in [1.807, 2.05) is 0 Å². The van der Waals surface area contributed by atoms with Crippen LogP contribution in [0.5, 0.6) is 0 Å². The van der Waals surface area contributed by atoms with Gasteiger partial charge in [0.2, 0.25) is 5.79 Å². The lowest BCUT2D eigenvalue weighted by Gasteiger charge is -2.51. The van der Waals surface area contributed by atoms with Crippen LogP contribution in [0, 0.1) is 11.3 Å². The average Bonchev–Trinajstić information content (AvgIpc) is 2.53. The molecule has 5 nitrogen and oxygen atoms in total. The zero-order chi connectivity index (χ0) is 14.9. The number of ether oxygens (including phenoxy) is 1. The van der Waals surface area contributed by atoms with Gasteiger partial charge in [-0.3, -0.25) is 4.79 Å². The maximum Gasteiger partial charge on any atom is 0.336 e. The Hall–Kier alpha value is -1.46. The van der Waals surface area contributed by atoms with Crippen LogP contribution in [-0.2, 0) is 14.3 Å². The lowest BCUT2D eigenvalue weighted by molar-refractivity contribution is -0.210. The molecule has 0 spiro atoms. The molecule has 0 aromatic heterocycles. The van der Waals surface area contributed by atoms with Crippen molar-refractivity contribution in [3.05, 3.63) is 23.3 Å².